The van der Waals surface area contributed by atoms with Gasteiger partial charge in [0.1, 0.15) is 0 Å². The lowest BCUT2D eigenvalue weighted by molar-refractivity contribution is -0.125. The second-order valence-corrected chi connectivity index (χ2v) is 6.22. The van der Waals surface area contributed by atoms with Gasteiger partial charge in [0.15, 0.2) is 0 Å². The fourth-order valence-corrected chi connectivity index (χ4v) is 2.79. The quantitative estimate of drug-likeness (QED) is 0.850. The molecule has 1 aromatic rings. The lowest BCUT2D eigenvalue weighted by Crippen LogP contribution is -2.32. The van der Waals surface area contributed by atoms with Crippen molar-refractivity contribution < 1.29 is 9.90 Å². The van der Waals surface area contributed by atoms with Crippen LogP contribution in [-0.4, -0.2) is 34.6 Å². The number of benzene rings is 1. The van der Waals surface area contributed by atoms with E-state index in [1.165, 1.54) is 5.56 Å². The zero-order chi connectivity index (χ0) is 14.0. The van der Waals surface area contributed by atoms with Gasteiger partial charge in [0.25, 0.3) is 0 Å². The number of hydrogen-bond acceptors (Lipinski definition) is 2. The predicted molar refractivity (Wildman–Crippen MR) is 79.7 cm³/mol. The maximum Gasteiger partial charge on any atom is 0.246 e. The molecule has 4 heteroatoms. The Morgan fingerprint density at radius 3 is 2.84 bits per heavy atom. The van der Waals surface area contributed by atoms with Crippen molar-refractivity contribution in [2.75, 3.05) is 13.1 Å². The van der Waals surface area contributed by atoms with Crippen LogP contribution in [0.5, 0.6) is 0 Å². The molecular formula is C15H18BrNO2. The van der Waals surface area contributed by atoms with E-state index >= 15 is 0 Å². The van der Waals surface area contributed by atoms with Crippen LogP contribution in [0.3, 0.4) is 0 Å². The van der Waals surface area contributed by atoms with E-state index < -0.39 is 5.60 Å². The van der Waals surface area contributed by atoms with E-state index in [1.54, 1.807) is 24.0 Å². The number of aliphatic hydroxyl groups is 1. The van der Waals surface area contributed by atoms with Crippen molar-refractivity contribution in [3.63, 3.8) is 0 Å². The molecule has 1 aliphatic rings. The first-order valence-corrected chi connectivity index (χ1v) is 7.12. The standard InChI is InChI=1S/C15H18BrNO2/c1-11-3-4-12(13(16)9-11)5-6-14(18)17-8-7-15(2,19)10-17/h3-6,9,19H,7-8,10H2,1-2H3/b6-5+. The third-order valence-electron chi connectivity index (χ3n) is 3.32. The molecule has 102 valence electrons. The third kappa shape index (κ3) is 3.67. The second kappa shape index (κ2) is 5.47. The van der Waals surface area contributed by atoms with Gasteiger partial charge in [-0.3, -0.25) is 4.79 Å². The molecular weight excluding hydrogens is 306 g/mol. The molecule has 0 bridgehead atoms. The summed E-state index contributed by atoms with van der Waals surface area (Å²) in [5.41, 5.74) is 1.41. The number of amides is 1. The minimum atomic E-state index is -0.742. The molecule has 1 heterocycles. The van der Waals surface area contributed by atoms with Crippen LogP contribution < -0.4 is 0 Å². The molecule has 1 aliphatic heterocycles. The molecule has 3 nitrogen and oxygen atoms in total. The van der Waals surface area contributed by atoms with Crippen LogP contribution in [0.15, 0.2) is 28.7 Å². The zero-order valence-electron chi connectivity index (χ0n) is 11.2. The average molecular weight is 324 g/mol. The minimum Gasteiger partial charge on any atom is -0.388 e. The van der Waals surface area contributed by atoms with Crippen LogP contribution in [-0.2, 0) is 4.79 Å². The highest BCUT2D eigenvalue weighted by Gasteiger charge is 2.32. The summed E-state index contributed by atoms with van der Waals surface area (Å²) >= 11 is 3.48. The van der Waals surface area contributed by atoms with Gasteiger partial charge in [-0.05, 0) is 43.5 Å². The third-order valence-corrected chi connectivity index (χ3v) is 4.01. The molecule has 1 N–H and O–H groups in total. The molecule has 1 amide bonds. The van der Waals surface area contributed by atoms with E-state index in [4.69, 9.17) is 0 Å². The van der Waals surface area contributed by atoms with Crippen molar-refractivity contribution in [2.45, 2.75) is 25.9 Å². The fraction of sp³-hybridized carbons (Fsp3) is 0.400. The Bertz CT molecular complexity index is 523. The van der Waals surface area contributed by atoms with E-state index in [0.717, 1.165) is 10.0 Å². The summed E-state index contributed by atoms with van der Waals surface area (Å²) in [6.07, 6.45) is 4.01. The Morgan fingerprint density at radius 2 is 2.26 bits per heavy atom. The number of aryl methyl sites for hydroxylation is 1. The van der Waals surface area contributed by atoms with Crippen LogP contribution in [0.2, 0.25) is 0 Å². The largest absolute Gasteiger partial charge is 0.388 e. The van der Waals surface area contributed by atoms with E-state index in [2.05, 4.69) is 15.9 Å². The Balaban J connectivity index is 2.04. The van der Waals surface area contributed by atoms with Crippen LogP contribution in [0.1, 0.15) is 24.5 Å². The van der Waals surface area contributed by atoms with E-state index in [1.807, 2.05) is 25.1 Å². The first-order chi connectivity index (χ1) is 8.87. The maximum atomic E-state index is 12.0. The first-order valence-electron chi connectivity index (χ1n) is 6.33. The number of β-amino-alcohol motifs (C(OH)–C–C–N with tert-alkyl or cyclic N) is 1. The summed E-state index contributed by atoms with van der Waals surface area (Å²) < 4.78 is 0.977. The SMILES string of the molecule is Cc1ccc(/C=C/C(=O)N2CCC(C)(O)C2)c(Br)c1. The molecule has 1 atom stereocenters. The van der Waals surface area contributed by atoms with Crippen LogP contribution in [0, 0.1) is 6.92 Å². The molecule has 0 radical (unpaired) electrons. The monoisotopic (exact) mass is 323 g/mol. The first kappa shape index (κ1) is 14.3. The summed E-state index contributed by atoms with van der Waals surface area (Å²) in [4.78, 5) is 13.7. The van der Waals surface area contributed by atoms with Gasteiger partial charge in [0.05, 0.1) is 5.60 Å². The highest BCUT2D eigenvalue weighted by Crippen LogP contribution is 2.22. The number of hydrogen-bond donors (Lipinski definition) is 1. The molecule has 0 saturated carbocycles. The topological polar surface area (TPSA) is 40.5 Å². The van der Waals surface area contributed by atoms with Crippen molar-refractivity contribution in [3.8, 4) is 0 Å². The van der Waals surface area contributed by atoms with E-state index in [9.17, 15) is 9.90 Å². The number of nitrogens with zero attached hydrogens (tertiary/aromatic N) is 1. The molecule has 1 unspecified atom stereocenters. The molecule has 0 spiro atoms. The molecule has 0 aromatic heterocycles. The molecule has 2 rings (SSSR count). The number of carbonyl (C=O) groups excluding carboxylic acids is 1. The average Bonchev–Trinajstić information content (AvgIpc) is 2.68. The van der Waals surface area contributed by atoms with Crippen LogP contribution >= 0.6 is 15.9 Å². The molecule has 1 saturated heterocycles. The van der Waals surface area contributed by atoms with Crippen molar-refractivity contribution in [1.82, 2.24) is 4.90 Å². The fourth-order valence-electron chi connectivity index (χ4n) is 2.17. The van der Waals surface area contributed by atoms with Crippen LogP contribution in [0.25, 0.3) is 6.08 Å². The normalized spacial score (nSPS) is 23.3. The number of halogens is 1. The number of carbonyl (C=O) groups is 1. The highest BCUT2D eigenvalue weighted by molar-refractivity contribution is 9.10. The van der Waals surface area contributed by atoms with Crippen molar-refractivity contribution in [1.29, 1.82) is 0 Å². The smallest absolute Gasteiger partial charge is 0.246 e. The van der Waals surface area contributed by atoms with Gasteiger partial charge in [0.2, 0.25) is 5.91 Å². The summed E-state index contributed by atoms with van der Waals surface area (Å²) in [6, 6.07) is 6.00. The summed E-state index contributed by atoms with van der Waals surface area (Å²) in [7, 11) is 0. The van der Waals surface area contributed by atoms with E-state index in [-0.39, 0.29) is 5.91 Å². The van der Waals surface area contributed by atoms with Gasteiger partial charge < -0.3 is 10.0 Å². The Labute approximate surface area is 122 Å². The Hall–Kier alpha value is -1.13. The zero-order valence-corrected chi connectivity index (χ0v) is 12.8. The van der Waals surface area contributed by atoms with Crippen LogP contribution in [0.4, 0.5) is 0 Å². The second-order valence-electron chi connectivity index (χ2n) is 5.37. The van der Waals surface area contributed by atoms with Gasteiger partial charge in [0, 0.05) is 23.6 Å². The number of likely N-dealkylation sites (tertiary alicyclic amines) is 1. The highest BCUT2D eigenvalue weighted by atomic mass is 79.9. The summed E-state index contributed by atoms with van der Waals surface area (Å²) in [5.74, 6) is -0.0507. The molecule has 19 heavy (non-hydrogen) atoms. The maximum absolute atomic E-state index is 12.0. The lowest BCUT2D eigenvalue weighted by atomic mass is 10.1. The van der Waals surface area contributed by atoms with Gasteiger partial charge in [-0.25, -0.2) is 0 Å². The van der Waals surface area contributed by atoms with Crippen molar-refractivity contribution in [2.24, 2.45) is 0 Å². The Morgan fingerprint density at radius 1 is 1.53 bits per heavy atom. The van der Waals surface area contributed by atoms with Gasteiger partial charge in [-0.1, -0.05) is 28.1 Å². The minimum absolute atomic E-state index is 0.0507. The van der Waals surface area contributed by atoms with Gasteiger partial charge >= 0.3 is 0 Å². The van der Waals surface area contributed by atoms with E-state index in [0.29, 0.717) is 19.5 Å². The van der Waals surface area contributed by atoms with Crippen molar-refractivity contribution in [3.05, 3.63) is 39.9 Å². The number of rotatable bonds is 2. The summed E-state index contributed by atoms with van der Waals surface area (Å²) in [6.45, 7) is 4.81. The van der Waals surface area contributed by atoms with Crippen molar-refractivity contribution >= 4 is 27.9 Å². The van der Waals surface area contributed by atoms with Gasteiger partial charge in [-0.15, -0.1) is 0 Å². The lowest BCUT2D eigenvalue weighted by Gasteiger charge is -2.17. The summed E-state index contributed by atoms with van der Waals surface area (Å²) in [5, 5.41) is 9.85. The predicted octanol–water partition coefficient (Wildman–Crippen LogP) is 2.75. The molecule has 1 aromatic carbocycles. The molecule has 0 aliphatic carbocycles. The van der Waals surface area contributed by atoms with Gasteiger partial charge in [-0.2, -0.15) is 0 Å². The molecule has 1 fully saturated rings. The Kier molecular flexibility index (Phi) is 4.11.